The highest BCUT2D eigenvalue weighted by Gasteiger charge is 2.15. The van der Waals surface area contributed by atoms with E-state index in [1.165, 1.54) is 0 Å². The van der Waals surface area contributed by atoms with Crippen LogP contribution in [0, 0.1) is 6.92 Å². The molecule has 1 unspecified atom stereocenters. The smallest absolute Gasteiger partial charge is 0.336 e. The Morgan fingerprint density at radius 2 is 1.95 bits per heavy atom. The van der Waals surface area contributed by atoms with Gasteiger partial charge < -0.3 is 9.52 Å². The molecule has 0 saturated heterocycles. The lowest BCUT2D eigenvalue weighted by Gasteiger charge is -2.28. The van der Waals surface area contributed by atoms with Crippen molar-refractivity contribution in [2.75, 3.05) is 6.54 Å². The average Bonchev–Trinajstić information content (AvgIpc) is 2.36. The zero-order chi connectivity index (χ0) is 15.6. The number of fused-ring (bicyclic) bond motifs is 1. The summed E-state index contributed by atoms with van der Waals surface area (Å²) < 4.78 is 5.28. The van der Waals surface area contributed by atoms with Gasteiger partial charge in [-0.2, -0.15) is 0 Å². The average molecular weight is 289 g/mol. The van der Waals surface area contributed by atoms with Gasteiger partial charge in [0.1, 0.15) is 5.58 Å². The van der Waals surface area contributed by atoms with Crippen LogP contribution in [0.4, 0.5) is 0 Å². The van der Waals surface area contributed by atoms with E-state index in [1.54, 1.807) is 13.0 Å². The second-order valence-electron chi connectivity index (χ2n) is 5.96. The van der Waals surface area contributed by atoms with Crippen LogP contribution in [0.2, 0.25) is 0 Å². The summed E-state index contributed by atoms with van der Waals surface area (Å²) in [5.41, 5.74) is 2.30. The molecule has 1 atom stereocenters. The van der Waals surface area contributed by atoms with Gasteiger partial charge >= 0.3 is 5.63 Å². The van der Waals surface area contributed by atoms with E-state index < -0.39 is 6.10 Å². The van der Waals surface area contributed by atoms with Crippen LogP contribution in [0.15, 0.2) is 33.5 Å². The van der Waals surface area contributed by atoms with Gasteiger partial charge in [-0.1, -0.05) is 12.1 Å². The lowest BCUT2D eigenvalue weighted by atomic mass is 10.1. The van der Waals surface area contributed by atoms with Gasteiger partial charge in [0.05, 0.1) is 6.10 Å². The molecule has 1 N–H and O–H groups in total. The summed E-state index contributed by atoms with van der Waals surface area (Å²) in [6.45, 7) is 9.11. The number of nitrogens with zero attached hydrogens (tertiary/aromatic N) is 1. The van der Waals surface area contributed by atoms with Gasteiger partial charge in [-0.25, -0.2) is 4.79 Å². The van der Waals surface area contributed by atoms with Gasteiger partial charge in [0.15, 0.2) is 0 Å². The predicted octanol–water partition coefficient (Wildman–Crippen LogP) is 2.69. The molecule has 0 spiro atoms. The number of aliphatic hydroxyl groups is 1. The quantitative estimate of drug-likeness (QED) is 0.860. The fourth-order valence-corrected chi connectivity index (χ4v) is 2.48. The minimum absolute atomic E-state index is 0.285. The van der Waals surface area contributed by atoms with E-state index in [0.717, 1.165) is 16.5 Å². The first-order chi connectivity index (χ1) is 9.86. The van der Waals surface area contributed by atoms with E-state index in [-0.39, 0.29) is 11.7 Å². The molecule has 1 aromatic heterocycles. The number of aryl methyl sites for hydroxylation is 1. The van der Waals surface area contributed by atoms with Crippen molar-refractivity contribution in [3.63, 3.8) is 0 Å². The lowest BCUT2D eigenvalue weighted by Crippen LogP contribution is -2.36. The standard InChI is InChI=1S/C17H23NO3/c1-11(2)18(9-13(4)19)10-14-8-17(20)21-16-7-12(3)5-6-15(14)16/h5-8,11,13,19H,9-10H2,1-4H3. The maximum Gasteiger partial charge on any atom is 0.336 e. The topological polar surface area (TPSA) is 53.7 Å². The molecular weight excluding hydrogens is 266 g/mol. The van der Waals surface area contributed by atoms with Crippen LogP contribution in [0.3, 0.4) is 0 Å². The fourth-order valence-electron chi connectivity index (χ4n) is 2.48. The van der Waals surface area contributed by atoms with E-state index in [0.29, 0.717) is 18.7 Å². The summed E-state index contributed by atoms with van der Waals surface area (Å²) in [7, 11) is 0. The number of rotatable bonds is 5. The summed E-state index contributed by atoms with van der Waals surface area (Å²) in [4.78, 5) is 13.9. The van der Waals surface area contributed by atoms with Crippen LogP contribution in [0.1, 0.15) is 31.9 Å². The predicted molar refractivity (Wildman–Crippen MR) is 84.4 cm³/mol. The van der Waals surface area contributed by atoms with Crippen molar-refractivity contribution in [1.82, 2.24) is 4.90 Å². The highest BCUT2D eigenvalue weighted by atomic mass is 16.4. The summed E-state index contributed by atoms with van der Waals surface area (Å²) in [5.74, 6) is 0. The zero-order valence-electron chi connectivity index (χ0n) is 13.1. The Hall–Kier alpha value is -1.65. The van der Waals surface area contributed by atoms with Crippen LogP contribution in [0.25, 0.3) is 11.0 Å². The second-order valence-corrected chi connectivity index (χ2v) is 5.96. The molecule has 0 aliphatic carbocycles. The molecule has 0 amide bonds. The minimum Gasteiger partial charge on any atom is -0.423 e. The molecule has 114 valence electrons. The molecule has 21 heavy (non-hydrogen) atoms. The molecule has 0 aliphatic heterocycles. The minimum atomic E-state index is -0.402. The molecule has 0 radical (unpaired) electrons. The van der Waals surface area contributed by atoms with Crippen molar-refractivity contribution in [3.05, 3.63) is 45.8 Å². The summed E-state index contributed by atoms with van der Waals surface area (Å²) in [5, 5.41) is 10.6. The maximum absolute atomic E-state index is 11.8. The largest absolute Gasteiger partial charge is 0.423 e. The molecule has 1 heterocycles. The van der Waals surface area contributed by atoms with Crippen LogP contribution >= 0.6 is 0 Å². The van der Waals surface area contributed by atoms with Gasteiger partial charge in [-0.3, -0.25) is 4.90 Å². The van der Waals surface area contributed by atoms with Crippen molar-refractivity contribution in [2.45, 2.75) is 46.4 Å². The first-order valence-electron chi connectivity index (χ1n) is 7.32. The normalized spacial score (nSPS) is 13.3. The fraction of sp³-hybridized carbons (Fsp3) is 0.471. The Labute approximate surface area is 125 Å². The molecule has 0 saturated carbocycles. The van der Waals surface area contributed by atoms with E-state index in [9.17, 15) is 9.90 Å². The number of benzene rings is 1. The van der Waals surface area contributed by atoms with E-state index in [2.05, 4.69) is 18.7 Å². The van der Waals surface area contributed by atoms with Crippen molar-refractivity contribution in [1.29, 1.82) is 0 Å². The first kappa shape index (κ1) is 15.7. The van der Waals surface area contributed by atoms with E-state index in [1.807, 2.05) is 25.1 Å². The number of hydrogen-bond donors (Lipinski definition) is 1. The van der Waals surface area contributed by atoms with Crippen molar-refractivity contribution in [2.24, 2.45) is 0 Å². The Balaban J connectivity index is 2.43. The highest BCUT2D eigenvalue weighted by Crippen LogP contribution is 2.20. The summed E-state index contributed by atoms with van der Waals surface area (Å²) >= 11 is 0. The Kier molecular flexibility index (Phi) is 4.80. The van der Waals surface area contributed by atoms with Gasteiger partial charge in [0.2, 0.25) is 0 Å². The molecule has 4 heteroatoms. The van der Waals surface area contributed by atoms with Gasteiger partial charge in [-0.15, -0.1) is 0 Å². The Morgan fingerprint density at radius 1 is 1.24 bits per heavy atom. The molecule has 0 fully saturated rings. The molecule has 2 rings (SSSR count). The zero-order valence-corrected chi connectivity index (χ0v) is 13.1. The highest BCUT2D eigenvalue weighted by molar-refractivity contribution is 5.80. The summed E-state index contributed by atoms with van der Waals surface area (Å²) in [6, 6.07) is 7.72. The molecule has 1 aromatic carbocycles. The van der Waals surface area contributed by atoms with Crippen LogP contribution in [-0.4, -0.2) is 28.7 Å². The molecular formula is C17H23NO3. The summed E-state index contributed by atoms with van der Waals surface area (Å²) in [6.07, 6.45) is -0.402. The van der Waals surface area contributed by atoms with Crippen molar-refractivity contribution in [3.8, 4) is 0 Å². The van der Waals surface area contributed by atoms with Crippen molar-refractivity contribution >= 4 is 11.0 Å². The van der Waals surface area contributed by atoms with Crippen molar-refractivity contribution < 1.29 is 9.52 Å². The Morgan fingerprint density at radius 3 is 2.57 bits per heavy atom. The maximum atomic E-state index is 11.8. The van der Waals surface area contributed by atoms with Gasteiger partial charge in [0.25, 0.3) is 0 Å². The van der Waals surface area contributed by atoms with Crippen LogP contribution in [0.5, 0.6) is 0 Å². The lowest BCUT2D eigenvalue weighted by molar-refractivity contribution is 0.103. The monoisotopic (exact) mass is 289 g/mol. The van der Waals surface area contributed by atoms with Crippen LogP contribution in [-0.2, 0) is 6.54 Å². The third-order valence-corrected chi connectivity index (χ3v) is 3.59. The number of hydrogen-bond acceptors (Lipinski definition) is 4. The third kappa shape index (κ3) is 3.93. The van der Waals surface area contributed by atoms with E-state index in [4.69, 9.17) is 4.42 Å². The first-order valence-corrected chi connectivity index (χ1v) is 7.32. The Bertz CT molecular complexity index is 673. The van der Waals surface area contributed by atoms with Crippen LogP contribution < -0.4 is 5.63 Å². The van der Waals surface area contributed by atoms with E-state index >= 15 is 0 Å². The molecule has 2 aromatic rings. The third-order valence-electron chi connectivity index (χ3n) is 3.59. The van der Waals surface area contributed by atoms with Gasteiger partial charge in [0, 0.05) is 30.6 Å². The van der Waals surface area contributed by atoms with Gasteiger partial charge in [-0.05, 0) is 44.9 Å². The molecule has 0 bridgehead atoms. The SMILES string of the molecule is Cc1ccc2c(CN(CC(C)O)C(C)C)cc(=O)oc2c1. The second kappa shape index (κ2) is 6.41. The molecule has 0 aliphatic rings. The molecule has 4 nitrogen and oxygen atoms in total. The number of aliphatic hydroxyl groups excluding tert-OH is 1.